The number of halogens is 1. The molecule has 0 spiro atoms. The number of carbonyl (C=O) groups is 1. The minimum absolute atomic E-state index is 0.201. The zero-order valence-corrected chi connectivity index (χ0v) is 15.4. The third-order valence-corrected chi connectivity index (χ3v) is 4.14. The number of pyridine rings is 1. The predicted molar refractivity (Wildman–Crippen MR) is 97.5 cm³/mol. The topological polar surface area (TPSA) is 45.6 Å². The molecule has 0 aliphatic heterocycles. The fraction of sp³-hybridized carbons (Fsp3) is 0.375. The lowest BCUT2D eigenvalue weighted by Gasteiger charge is -2.17. The second kappa shape index (κ2) is 6.78. The molecule has 0 radical (unpaired) electrons. The number of hydrogen-bond donors (Lipinski definition) is 0. The van der Waals surface area contributed by atoms with E-state index >= 15 is 0 Å². The highest BCUT2D eigenvalue weighted by Crippen LogP contribution is 2.16. The van der Waals surface area contributed by atoms with Crippen LogP contribution in [-0.4, -0.2) is 55.0 Å². The van der Waals surface area contributed by atoms with Gasteiger partial charge in [0, 0.05) is 42.3 Å². The van der Waals surface area contributed by atoms with Crippen LogP contribution in [0.5, 0.6) is 0 Å². The van der Waals surface area contributed by atoms with Crippen LogP contribution in [-0.2, 0) is 6.54 Å². The minimum Gasteiger partial charge on any atom is -0.345 e. The van der Waals surface area contributed by atoms with Crippen molar-refractivity contribution < 1.29 is 4.79 Å². The zero-order valence-electron chi connectivity index (χ0n) is 13.3. The first-order chi connectivity index (χ1) is 10.3. The van der Waals surface area contributed by atoms with E-state index in [0.717, 1.165) is 22.2 Å². The van der Waals surface area contributed by atoms with Crippen LogP contribution in [0.3, 0.4) is 0 Å². The largest absolute Gasteiger partial charge is 0.345 e. The van der Waals surface area contributed by atoms with E-state index in [1.165, 1.54) is 4.90 Å². The van der Waals surface area contributed by atoms with Crippen LogP contribution in [0.4, 0.5) is 0 Å². The number of rotatable bonds is 4. The second-order valence-electron chi connectivity index (χ2n) is 5.73. The molecule has 1 amide bonds. The average molecular weight is 413 g/mol. The molecule has 1 aromatic heterocycles. The summed E-state index contributed by atoms with van der Waals surface area (Å²) in [6, 6.07) is 5.76. The predicted octanol–water partition coefficient (Wildman–Crippen LogP) is 1.87. The fourth-order valence-electron chi connectivity index (χ4n) is 2.26. The molecule has 5 nitrogen and oxygen atoms in total. The zero-order chi connectivity index (χ0) is 16.4. The normalized spacial score (nSPS) is 11.2. The number of hydrogen-bond acceptors (Lipinski definition) is 3. The fourth-order valence-corrected chi connectivity index (χ4v) is 2.75. The third kappa shape index (κ3) is 3.49. The smallest absolute Gasteiger partial charge is 0.258 e. The number of fused-ring (bicyclic) bond motifs is 1. The molecule has 0 N–H and O–H groups in total. The maximum Gasteiger partial charge on any atom is 0.258 e. The Morgan fingerprint density at radius 3 is 2.50 bits per heavy atom. The van der Waals surface area contributed by atoms with E-state index in [0.29, 0.717) is 5.39 Å². The first-order valence-corrected chi connectivity index (χ1v) is 8.08. The number of benzene rings is 1. The van der Waals surface area contributed by atoms with Crippen LogP contribution in [0.25, 0.3) is 10.9 Å². The number of nitrogens with zero attached hydrogens (tertiary/aromatic N) is 3. The SMILES string of the molecule is CN(C)CCn1cc(C(=O)N(C)C)c(=O)c2cc(I)ccc21. The van der Waals surface area contributed by atoms with E-state index in [1.807, 2.05) is 36.9 Å². The summed E-state index contributed by atoms with van der Waals surface area (Å²) in [5, 5.41) is 0.596. The molecule has 2 rings (SSSR count). The molecule has 0 unspecified atom stereocenters. The van der Waals surface area contributed by atoms with Crippen molar-refractivity contribution in [1.82, 2.24) is 14.4 Å². The van der Waals surface area contributed by atoms with E-state index < -0.39 is 0 Å². The standard InChI is InChI=1S/C16H20IN3O2/c1-18(2)7-8-20-10-13(16(22)19(3)4)15(21)12-9-11(17)5-6-14(12)20/h5-6,9-10H,7-8H2,1-4H3. The molecule has 0 saturated carbocycles. The van der Waals surface area contributed by atoms with E-state index in [-0.39, 0.29) is 16.9 Å². The second-order valence-corrected chi connectivity index (χ2v) is 6.98. The number of amides is 1. The molecule has 1 heterocycles. The summed E-state index contributed by atoms with van der Waals surface area (Å²) < 4.78 is 2.97. The molecule has 0 fully saturated rings. The monoisotopic (exact) mass is 413 g/mol. The first-order valence-electron chi connectivity index (χ1n) is 7.00. The van der Waals surface area contributed by atoms with Crippen LogP contribution in [0.2, 0.25) is 0 Å². The first kappa shape index (κ1) is 17.0. The summed E-state index contributed by atoms with van der Waals surface area (Å²) in [5.41, 5.74) is 0.883. The Morgan fingerprint density at radius 2 is 1.91 bits per heavy atom. The highest BCUT2D eigenvalue weighted by molar-refractivity contribution is 14.1. The number of aromatic nitrogens is 1. The van der Waals surface area contributed by atoms with E-state index in [9.17, 15) is 9.59 Å². The van der Waals surface area contributed by atoms with Crippen LogP contribution >= 0.6 is 22.6 Å². The molecule has 118 valence electrons. The van der Waals surface area contributed by atoms with Gasteiger partial charge in [0.25, 0.3) is 5.91 Å². The molecule has 6 heteroatoms. The molecule has 0 saturated heterocycles. The summed E-state index contributed by atoms with van der Waals surface area (Å²) in [7, 11) is 7.31. The summed E-state index contributed by atoms with van der Waals surface area (Å²) in [4.78, 5) is 28.4. The van der Waals surface area contributed by atoms with Gasteiger partial charge >= 0.3 is 0 Å². The Labute approximate surface area is 143 Å². The van der Waals surface area contributed by atoms with Crippen LogP contribution in [0.1, 0.15) is 10.4 Å². The van der Waals surface area contributed by atoms with Gasteiger partial charge in [0.2, 0.25) is 5.43 Å². The van der Waals surface area contributed by atoms with E-state index in [1.54, 1.807) is 20.3 Å². The summed E-state index contributed by atoms with van der Waals surface area (Å²) in [6.07, 6.45) is 1.68. The molecule has 0 bridgehead atoms. The molecule has 0 atom stereocenters. The summed E-state index contributed by atoms with van der Waals surface area (Å²) in [6.45, 7) is 1.55. The van der Waals surface area contributed by atoms with Gasteiger partial charge in [0.05, 0.1) is 5.52 Å². The van der Waals surface area contributed by atoms with Crippen LogP contribution in [0.15, 0.2) is 29.2 Å². The van der Waals surface area contributed by atoms with Crippen molar-refractivity contribution in [2.24, 2.45) is 0 Å². The molecular formula is C16H20IN3O2. The molecular weight excluding hydrogens is 393 g/mol. The van der Waals surface area contributed by atoms with Crippen LogP contribution in [0, 0.1) is 3.57 Å². The van der Waals surface area contributed by atoms with Crippen molar-refractivity contribution in [2.45, 2.75) is 6.54 Å². The van der Waals surface area contributed by atoms with Crippen molar-refractivity contribution >= 4 is 39.4 Å². The van der Waals surface area contributed by atoms with Crippen molar-refractivity contribution in [2.75, 3.05) is 34.7 Å². The van der Waals surface area contributed by atoms with Gasteiger partial charge in [-0.2, -0.15) is 0 Å². The quantitative estimate of drug-likeness (QED) is 0.720. The molecule has 22 heavy (non-hydrogen) atoms. The molecule has 0 aliphatic rings. The minimum atomic E-state index is -0.260. The van der Waals surface area contributed by atoms with Gasteiger partial charge in [-0.05, 0) is 54.9 Å². The summed E-state index contributed by atoms with van der Waals surface area (Å²) >= 11 is 2.18. The van der Waals surface area contributed by atoms with Gasteiger partial charge in [-0.3, -0.25) is 9.59 Å². The van der Waals surface area contributed by atoms with Gasteiger partial charge < -0.3 is 14.4 Å². The van der Waals surface area contributed by atoms with Gasteiger partial charge in [-0.15, -0.1) is 0 Å². The lowest BCUT2D eigenvalue weighted by atomic mass is 10.1. The van der Waals surface area contributed by atoms with E-state index in [2.05, 4.69) is 27.5 Å². The number of carbonyl (C=O) groups excluding carboxylic acids is 1. The molecule has 0 aliphatic carbocycles. The van der Waals surface area contributed by atoms with Gasteiger partial charge in [0.1, 0.15) is 5.56 Å². The van der Waals surface area contributed by atoms with Gasteiger partial charge in [-0.1, -0.05) is 0 Å². The lowest BCUT2D eigenvalue weighted by Crippen LogP contribution is -2.29. The lowest BCUT2D eigenvalue weighted by molar-refractivity contribution is 0.0825. The Hall–Kier alpha value is -1.41. The number of likely N-dealkylation sites (N-methyl/N-ethyl adjacent to an activating group) is 1. The highest BCUT2D eigenvalue weighted by Gasteiger charge is 2.17. The highest BCUT2D eigenvalue weighted by atomic mass is 127. The van der Waals surface area contributed by atoms with Crippen molar-refractivity contribution in [3.8, 4) is 0 Å². The van der Waals surface area contributed by atoms with Crippen molar-refractivity contribution in [3.05, 3.63) is 43.8 Å². The van der Waals surface area contributed by atoms with Crippen molar-refractivity contribution in [3.63, 3.8) is 0 Å². The van der Waals surface area contributed by atoms with Gasteiger partial charge in [-0.25, -0.2) is 0 Å². The Kier molecular flexibility index (Phi) is 5.23. The average Bonchev–Trinajstić information content (AvgIpc) is 2.46. The molecule has 2 aromatic rings. The van der Waals surface area contributed by atoms with Crippen LogP contribution < -0.4 is 5.43 Å². The van der Waals surface area contributed by atoms with Gasteiger partial charge in [0.15, 0.2) is 0 Å². The molecule has 1 aromatic carbocycles. The van der Waals surface area contributed by atoms with E-state index in [4.69, 9.17) is 0 Å². The van der Waals surface area contributed by atoms with Crippen molar-refractivity contribution in [1.29, 1.82) is 0 Å². The third-order valence-electron chi connectivity index (χ3n) is 3.47. The Bertz CT molecular complexity index is 766. The summed E-state index contributed by atoms with van der Waals surface area (Å²) in [5.74, 6) is -0.260. The Balaban J connectivity index is 2.69. The maximum absolute atomic E-state index is 12.6. The maximum atomic E-state index is 12.6. The Morgan fingerprint density at radius 1 is 1.23 bits per heavy atom.